The average Bonchev–Trinajstić information content (AvgIpc) is 3.16. The van der Waals surface area contributed by atoms with E-state index in [1.807, 2.05) is 42.5 Å². The molecule has 2 aromatic carbocycles. The third-order valence-electron chi connectivity index (χ3n) is 5.14. The van der Waals surface area contributed by atoms with E-state index in [2.05, 4.69) is 11.4 Å². The highest BCUT2D eigenvalue weighted by Crippen LogP contribution is 2.35. The summed E-state index contributed by atoms with van der Waals surface area (Å²) in [6.07, 6.45) is -2.69. The number of nitrogens with one attached hydrogen (secondary N) is 1. The van der Waals surface area contributed by atoms with E-state index in [9.17, 15) is 23.2 Å². The Labute approximate surface area is 191 Å². The number of carbonyl (C=O) groups is 1. The van der Waals surface area contributed by atoms with Gasteiger partial charge in [0.05, 0.1) is 16.7 Å². The molecule has 3 rings (SSSR count). The van der Waals surface area contributed by atoms with E-state index in [-0.39, 0.29) is 11.3 Å². The first-order chi connectivity index (χ1) is 15.4. The monoisotopic (exact) mass is 451 g/mol. The molecule has 1 amide bonds. The Hall–Kier alpha value is -3.79. The fraction of sp³-hybridized carbons (Fsp3) is 0.231. The van der Waals surface area contributed by atoms with Gasteiger partial charge in [0.2, 0.25) is 0 Å². The van der Waals surface area contributed by atoms with Gasteiger partial charge in [-0.1, -0.05) is 75.4 Å². The van der Waals surface area contributed by atoms with Crippen molar-refractivity contribution in [2.24, 2.45) is 12.5 Å². The highest BCUT2D eigenvalue weighted by molar-refractivity contribution is 5.98. The summed E-state index contributed by atoms with van der Waals surface area (Å²) in [7, 11) is 1.42. The number of allylic oxidation sites excluding steroid dienone is 2. The summed E-state index contributed by atoms with van der Waals surface area (Å²) in [5, 5.41) is 12.5. The SMILES string of the molecule is Cn1cc(C(=O)NC(=C(C#N)c2ccc(-c3ccccc3)cc2)C(C)(C)C)c(C(F)(F)F)c1. The fourth-order valence-corrected chi connectivity index (χ4v) is 3.52. The number of carbonyl (C=O) groups excluding carboxylic acids is 1. The molecule has 0 aliphatic rings. The number of benzene rings is 2. The Balaban J connectivity index is 2.03. The Morgan fingerprint density at radius 2 is 1.52 bits per heavy atom. The summed E-state index contributed by atoms with van der Waals surface area (Å²) >= 11 is 0. The second-order valence-electron chi connectivity index (χ2n) is 8.76. The Morgan fingerprint density at radius 3 is 2.03 bits per heavy atom. The molecule has 0 radical (unpaired) electrons. The van der Waals surface area contributed by atoms with E-state index in [4.69, 9.17) is 0 Å². The van der Waals surface area contributed by atoms with Gasteiger partial charge in [0.1, 0.15) is 6.07 Å². The molecule has 7 heteroatoms. The van der Waals surface area contributed by atoms with Crippen LogP contribution in [0.1, 0.15) is 42.3 Å². The molecule has 1 heterocycles. The first-order valence-corrected chi connectivity index (χ1v) is 10.3. The molecule has 0 aliphatic carbocycles. The van der Waals surface area contributed by atoms with Crippen molar-refractivity contribution in [2.75, 3.05) is 0 Å². The van der Waals surface area contributed by atoms with E-state index >= 15 is 0 Å². The lowest BCUT2D eigenvalue weighted by atomic mass is 9.86. The number of nitrogens with zero attached hydrogens (tertiary/aromatic N) is 2. The zero-order valence-corrected chi connectivity index (χ0v) is 18.8. The molecule has 0 atom stereocenters. The maximum absolute atomic E-state index is 13.4. The molecule has 0 spiro atoms. The highest BCUT2D eigenvalue weighted by Gasteiger charge is 2.37. The van der Waals surface area contributed by atoms with E-state index < -0.39 is 28.6 Å². The van der Waals surface area contributed by atoms with Gasteiger partial charge in [-0.3, -0.25) is 4.79 Å². The quantitative estimate of drug-likeness (QED) is 0.465. The van der Waals surface area contributed by atoms with Crippen LogP contribution in [-0.4, -0.2) is 10.5 Å². The fourth-order valence-electron chi connectivity index (χ4n) is 3.52. The van der Waals surface area contributed by atoms with Crippen molar-refractivity contribution in [2.45, 2.75) is 26.9 Å². The molecule has 170 valence electrons. The normalized spacial score (nSPS) is 12.7. The molecule has 1 aromatic heterocycles. The van der Waals surface area contributed by atoms with Gasteiger partial charge in [-0.25, -0.2) is 0 Å². The molecule has 4 nitrogen and oxygen atoms in total. The third kappa shape index (κ3) is 5.35. The summed E-state index contributed by atoms with van der Waals surface area (Å²) in [6, 6.07) is 19.1. The van der Waals surface area contributed by atoms with Crippen LogP contribution in [0.3, 0.4) is 0 Å². The van der Waals surface area contributed by atoms with Crippen molar-refractivity contribution in [3.8, 4) is 17.2 Å². The lowest BCUT2D eigenvalue weighted by Gasteiger charge is -2.26. The van der Waals surface area contributed by atoms with Gasteiger partial charge < -0.3 is 9.88 Å². The van der Waals surface area contributed by atoms with Crippen molar-refractivity contribution < 1.29 is 18.0 Å². The Morgan fingerprint density at radius 1 is 0.939 bits per heavy atom. The predicted molar refractivity (Wildman–Crippen MR) is 122 cm³/mol. The van der Waals surface area contributed by atoms with Crippen molar-refractivity contribution in [3.05, 3.63) is 89.4 Å². The molecule has 33 heavy (non-hydrogen) atoms. The summed E-state index contributed by atoms with van der Waals surface area (Å²) in [5.74, 6) is -0.915. The van der Waals surface area contributed by atoms with Crippen LogP contribution in [0.15, 0.2) is 72.7 Å². The largest absolute Gasteiger partial charge is 0.418 e. The maximum Gasteiger partial charge on any atom is 0.418 e. The molecule has 3 aromatic rings. The number of hydrogen-bond donors (Lipinski definition) is 1. The smallest absolute Gasteiger partial charge is 0.356 e. The molecule has 0 fully saturated rings. The van der Waals surface area contributed by atoms with Gasteiger partial charge in [0.25, 0.3) is 5.91 Å². The zero-order chi connectivity index (χ0) is 24.4. The van der Waals surface area contributed by atoms with Gasteiger partial charge in [0.15, 0.2) is 0 Å². The Kier molecular flexibility index (Phi) is 6.50. The first kappa shape index (κ1) is 23.9. The number of amides is 1. The second-order valence-corrected chi connectivity index (χ2v) is 8.76. The van der Waals surface area contributed by atoms with Crippen molar-refractivity contribution in [1.29, 1.82) is 5.26 Å². The number of hydrogen-bond acceptors (Lipinski definition) is 2. The highest BCUT2D eigenvalue weighted by atomic mass is 19.4. The zero-order valence-electron chi connectivity index (χ0n) is 18.8. The topological polar surface area (TPSA) is 57.8 Å². The lowest BCUT2D eigenvalue weighted by Crippen LogP contribution is -2.32. The molecule has 1 N–H and O–H groups in total. The molecule has 0 saturated carbocycles. The summed E-state index contributed by atoms with van der Waals surface area (Å²) < 4.78 is 41.4. The number of alkyl halides is 3. The van der Waals surface area contributed by atoms with Crippen LogP contribution in [0, 0.1) is 16.7 Å². The van der Waals surface area contributed by atoms with Gasteiger partial charge in [0, 0.05) is 30.6 Å². The minimum absolute atomic E-state index is 0.194. The van der Waals surface area contributed by atoms with Crippen LogP contribution in [0.2, 0.25) is 0 Å². The van der Waals surface area contributed by atoms with Crippen LogP contribution < -0.4 is 5.32 Å². The van der Waals surface area contributed by atoms with Gasteiger partial charge in [-0.2, -0.15) is 18.4 Å². The summed E-state index contributed by atoms with van der Waals surface area (Å²) in [5.41, 5.74) is 0.735. The molecule has 0 unspecified atom stereocenters. The molecular weight excluding hydrogens is 427 g/mol. The first-order valence-electron chi connectivity index (χ1n) is 10.3. The van der Waals surface area contributed by atoms with Crippen LogP contribution >= 0.6 is 0 Å². The predicted octanol–water partition coefficient (Wildman–Crippen LogP) is 6.42. The van der Waals surface area contributed by atoms with Crippen LogP contribution in [0.25, 0.3) is 16.7 Å². The average molecular weight is 451 g/mol. The summed E-state index contributed by atoms with van der Waals surface area (Å²) in [6.45, 7) is 5.36. The standard InChI is InChI=1S/C26H24F3N3O/c1-25(2,3)23(31-24(33)21-15-32(4)16-22(21)26(27,28)29)20(14-30)19-12-10-18(11-13-19)17-8-6-5-7-9-17/h5-13,15-16H,1-4H3,(H,31,33). The third-order valence-corrected chi connectivity index (χ3v) is 5.14. The van der Waals surface area contributed by atoms with Crippen molar-refractivity contribution in [3.63, 3.8) is 0 Å². The van der Waals surface area contributed by atoms with E-state index in [1.54, 1.807) is 32.9 Å². The molecular formula is C26H24F3N3O. The second kappa shape index (κ2) is 8.99. The minimum Gasteiger partial charge on any atom is -0.356 e. The molecule has 0 bridgehead atoms. The van der Waals surface area contributed by atoms with E-state index in [0.29, 0.717) is 5.56 Å². The number of nitriles is 1. The van der Waals surface area contributed by atoms with Crippen LogP contribution in [-0.2, 0) is 13.2 Å². The van der Waals surface area contributed by atoms with E-state index in [0.717, 1.165) is 23.5 Å². The number of aromatic nitrogens is 1. The number of rotatable bonds is 4. The van der Waals surface area contributed by atoms with Crippen LogP contribution in [0.5, 0.6) is 0 Å². The van der Waals surface area contributed by atoms with Gasteiger partial charge >= 0.3 is 6.18 Å². The summed E-state index contributed by atoms with van der Waals surface area (Å²) in [4.78, 5) is 12.9. The minimum atomic E-state index is -4.68. The van der Waals surface area contributed by atoms with Gasteiger partial charge in [-0.05, 0) is 16.7 Å². The van der Waals surface area contributed by atoms with Crippen molar-refractivity contribution in [1.82, 2.24) is 9.88 Å². The van der Waals surface area contributed by atoms with E-state index in [1.165, 1.54) is 11.6 Å². The molecule has 0 saturated heterocycles. The van der Waals surface area contributed by atoms with Crippen LogP contribution in [0.4, 0.5) is 13.2 Å². The Bertz CT molecular complexity index is 1220. The maximum atomic E-state index is 13.4. The molecule has 0 aliphatic heterocycles. The van der Waals surface area contributed by atoms with Gasteiger partial charge in [-0.15, -0.1) is 0 Å². The lowest BCUT2D eigenvalue weighted by molar-refractivity contribution is -0.137. The number of aryl methyl sites for hydroxylation is 1. The number of halogens is 3. The van der Waals surface area contributed by atoms with Crippen molar-refractivity contribution >= 4 is 11.5 Å².